The van der Waals surface area contributed by atoms with Crippen LogP contribution in [-0.4, -0.2) is 57.6 Å². The molecule has 0 bridgehead atoms. The molecule has 0 spiro atoms. The second-order valence-electron chi connectivity index (χ2n) is 11.2. The summed E-state index contributed by atoms with van der Waals surface area (Å²) in [5.41, 5.74) is 5.82. The fraction of sp³-hybridized carbons (Fsp3) is 0.290. The summed E-state index contributed by atoms with van der Waals surface area (Å²) in [6.45, 7) is 9.82. The van der Waals surface area contributed by atoms with Crippen molar-refractivity contribution in [1.82, 2.24) is 19.4 Å². The standard InChI is InChI=1S/C31H27Cl3F2N6O3/c1-5-18(43)40-8-9-41-15(11-40)12-45-29-21-28(22(34)19(24(29)36)20-23(35)16(32)10-17(33)25(20)37)42(31(44)39-30(21)41)27-14(4)6-7-38-26(27)13(2)3/h5-7,10,13,15H,1,8-9,11-12,37H2,2-4H3. The Morgan fingerprint density at radius 2 is 1.91 bits per heavy atom. The van der Waals surface area contributed by atoms with Crippen molar-refractivity contribution in [2.24, 2.45) is 0 Å². The molecule has 6 rings (SSSR count). The molecule has 45 heavy (non-hydrogen) atoms. The van der Waals surface area contributed by atoms with Crippen LogP contribution in [0.15, 0.2) is 35.8 Å². The topological polar surface area (TPSA) is 107 Å². The molecule has 234 valence electrons. The number of pyridine rings is 1. The Morgan fingerprint density at radius 3 is 2.60 bits per heavy atom. The van der Waals surface area contributed by atoms with Gasteiger partial charge in [-0.2, -0.15) is 4.98 Å². The average molecular weight is 676 g/mol. The van der Waals surface area contributed by atoms with Crippen molar-refractivity contribution >= 4 is 63.1 Å². The van der Waals surface area contributed by atoms with Crippen LogP contribution in [0.25, 0.3) is 27.7 Å². The van der Waals surface area contributed by atoms with Crippen molar-refractivity contribution in [2.45, 2.75) is 32.7 Å². The van der Waals surface area contributed by atoms with E-state index in [9.17, 15) is 9.59 Å². The second-order valence-corrected chi connectivity index (χ2v) is 12.4. The van der Waals surface area contributed by atoms with Crippen molar-refractivity contribution < 1.29 is 18.3 Å². The van der Waals surface area contributed by atoms with Gasteiger partial charge in [0.2, 0.25) is 5.91 Å². The lowest BCUT2D eigenvalue weighted by Crippen LogP contribution is -2.56. The van der Waals surface area contributed by atoms with Crippen LogP contribution in [0.1, 0.15) is 31.0 Å². The van der Waals surface area contributed by atoms with Gasteiger partial charge >= 0.3 is 5.69 Å². The number of carbonyl (C=O) groups is 1. The quantitative estimate of drug-likeness (QED) is 0.154. The van der Waals surface area contributed by atoms with Crippen molar-refractivity contribution in [3.8, 4) is 22.6 Å². The highest BCUT2D eigenvalue weighted by Gasteiger charge is 2.39. The van der Waals surface area contributed by atoms with Crippen LogP contribution in [-0.2, 0) is 4.79 Å². The lowest BCUT2D eigenvalue weighted by molar-refractivity contribution is -0.126. The van der Waals surface area contributed by atoms with Crippen molar-refractivity contribution in [3.05, 3.63) is 79.4 Å². The highest BCUT2D eigenvalue weighted by Crippen LogP contribution is 2.51. The Balaban J connectivity index is 1.78. The lowest BCUT2D eigenvalue weighted by Gasteiger charge is -2.40. The van der Waals surface area contributed by atoms with E-state index in [2.05, 4.69) is 16.5 Å². The number of nitrogens with two attached hydrogens (primary N) is 1. The average Bonchev–Trinajstić information content (AvgIpc) is 3.16. The summed E-state index contributed by atoms with van der Waals surface area (Å²) in [5.74, 6) is -2.73. The molecule has 2 aromatic heterocycles. The minimum atomic E-state index is -1.06. The number of anilines is 2. The Morgan fingerprint density at radius 1 is 1.18 bits per heavy atom. The van der Waals surface area contributed by atoms with Crippen LogP contribution < -0.4 is 21.1 Å². The molecule has 2 N–H and O–H groups in total. The maximum atomic E-state index is 16.9. The summed E-state index contributed by atoms with van der Waals surface area (Å²) in [7, 11) is 0. The molecule has 9 nitrogen and oxygen atoms in total. The first kappa shape index (κ1) is 31.1. The molecule has 1 saturated heterocycles. The third kappa shape index (κ3) is 4.79. The van der Waals surface area contributed by atoms with E-state index in [4.69, 9.17) is 45.3 Å². The SMILES string of the molecule is C=CC(=O)N1CCN2c3nc(=O)n(-c4c(C)ccnc4C(C)C)c4c(Cl)c(-c5c(N)c(Cl)cc(Cl)c5F)c(F)c(c34)OCC2C1. The summed E-state index contributed by atoms with van der Waals surface area (Å²) in [6.07, 6.45) is 2.83. The van der Waals surface area contributed by atoms with Crippen molar-refractivity contribution in [1.29, 1.82) is 0 Å². The number of aryl methyl sites for hydroxylation is 1. The molecule has 4 heterocycles. The van der Waals surface area contributed by atoms with Gasteiger partial charge in [0.15, 0.2) is 17.4 Å². The van der Waals surface area contributed by atoms with Gasteiger partial charge in [0.05, 0.1) is 49.1 Å². The molecule has 2 aromatic carbocycles. The molecule has 0 aliphatic carbocycles. The lowest BCUT2D eigenvalue weighted by atomic mass is 9.98. The van der Waals surface area contributed by atoms with Gasteiger partial charge in [-0.15, -0.1) is 0 Å². The Kier molecular flexibility index (Phi) is 7.91. The second kappa shape index (κ2) is 11.5. The van der Waals surface area contributed by atoms with Gasteiger partial charge in [0, 0.05) is 37.0 Å². The predicted molar refractivity (Wildman–Crippen MR) is 172 cm³/mol. The fourth-order valence-electron chi connectivity index (χ4n) is 6.06. The number of hydrogen-bond donors (Lipinski definition) is 1. The van der Waals surface area contributed by atoms with Gasteiger partial charge in [-0.1, -0.05) is 55.2 Å². The van der Waals surface area contributed by atoms with Crippen LogP contribution in [0.2, 0.25) is 15.1 Å². The number of nitrogen functional groups attached to an aromatic ring is 1. The molecule has 1 fully saturated rings. The Hall–Kier alpha value is -3.93. The minimum Gasteiger partial charge on any atom is -0.487 e. The first-order valence-electron chi connectivity index (χ1n) is 14.0. The molecule has 4 aromatic rings. The fourth-order valence-corrected chi connectivity index (χ4v) is 6.88. The van der Waals surface area contributed by atoms with Crippen molar-refractivity contribution in [3.63, 3.8) is 0 Å². The highest BCUT2D eigenvalue weighted by molar-refractivity contribution is 6.40. The van der Waals surface area contributed by atoms with E-state index in [1.807, 2.05) is 13.8 Å². The van der Waals surface area contributed by atoms with Crippen LogP contribution in [0.3, 0.4) is 0 Å². The van der Waals surface area contributed by atoms with E-state index in [0.29, 0.717) is 23.5 Å². The summed E-state index contributed by atoms with van der Waals surface area (Å²) < 4.78 is 40.0. The third-order valence-corrected chi connectivity index (χ3v) is 9.15. The molecule has 2 aliphatic heterocycles. The summed E-state index contributed by atoms with van der Waals surface area (Å²) >= 11 is 19.5. The van der Waals surface area contributed by atoms with Crippen LogP contribution in [0.5, 0.6) is 5.75 Å². The van der Waals surface area contributed by atoms with Gasteiger partial charge in [-0.05, 0) is 36.6 Å². The number of benzene rings is 2. The number of piperazine rings is 1. The number of rotatable bonds is 4. The van der Waals surface area contributed by atoms with Gasteiger partial charge in [-0.3, -0.25) is 14.3 Å². The van der Waals surface area contributed by atoms with E-state index < -0.39 is 39.5 Å². The molecule has 1 unspecified atom stereocenters. The van der Waals surface area contributed by atoms with E-state index >= 15 is 8.78 Å². The first-order valence-corrected chi connectivity index (χ1v) is 15.2. The Labute approximate surface area is 271 Å². The van der Waals surface area contributed by atoms with Crippen LogP contribution >= 0.6 is 34.8 Å². The molecule has 14 heteroatoms. The molecule has 2 aliphatic rings. The van der Waals surface area contributed by atoms with Crippen LogP contribution in [0.4, 0.5) is 20.3 Å². The molecule has 0 saturated carbocycles. The van der Waals surface area contributed by atoms with E-state index in [-0.39, 0.29) is 69.7 Å². The Bertz CT molecular complexity index is 1970. The van der Waals surface area contributed by atoms with Gasteiger partial charge in [-0.25, -0.2) is 13.6 Å². The van der Waals surface area contributed by atoms with Gasteiger partial charge < -0.3 is 20.3 Å². The number of hydrogen-bond acceptors (Lipinski definition) is 7. The van der Waals surface area contributed by atoms with Crippen molar-refractivity contribution in [2.75, 3.05) is 36.9 Å². The number of amides is 1. The van der Waals surface area contributed by atoms with E-state index in [1.54, 1.807) is 29.0 Å². The number of halogens is 5. The normalized spacial score (nSPS) is 16.1. The first-order chi connectivity index (χ1) is 21.4. The predicted octanol–water partition coefficient (Wildman–Crippen LogP) is 6.30. The van der Waals surface area contributed by atoms with E-state index in [0.717, 1.165) is 6.07 Å². The molecular weight excluding hydrogens is 649 g/mol. The minimum absolute atomic E-state index is 0.0104. The number of aromatic nitrogens is 3. The summed E-state index contributed by atoms with van der Waals surface area (Å²) in [4.78, 5) is 39.0. The molecule has 1 atom stereocenters. The van der Waals surface area contributed by atoms with Gasteiger partial charge in [0.25, 0.3) is 0 Å². The summed E-state index contributed by atoms with van der Waals surface area (Å²) in [6, 6.07) is 2.31. The zero-order valence-electron chi connectivity index (χ0n) is 24.4. The highest BCUT2D eigenvalue weighted by atomic mass is 35.5. The zero-order valence-corrected chi connectivity index (χ0v) is 26.7. The molecular formula is C31H27Cl3F2N6O3. The maximum absolute atomic E-state index is 16.9. The maximum Gasteiger partial charge on any atom is 0.354 e. The van der Waals surface area contributed by atoms with E-state index in [1.165, 1.54) is 10.6 Å². The number of fused-ring (bicyclic) bond motifs is 2. The van der Waals surface area contributed by atoms with Gasteiger partial charge in [0.1, 0.15) is 12.4 Å². The zero-order chi connectivity index (χ0) is 32.5. The number of ether oxygens (including phenoxy) is 1. The monoisotopic (exact) mass is 674 g/mol. The number of nitrogens with zero attached hydrogens (tertiary/aromatic N) is 5. The van der Waals surface area contributed by atoms with Crippen LogP contribution in [0, 0.1) is 18.6 Å². The number of carbonyl (C=O) groups excluding carboxylic acids is 1. The third-order valence-electron chi connectivity index (χ3n) is 8.20. The summed E-state index contributed by atoms with van der Waals surface area (Å²) in [5, 5.41) is -0.775. The largest absolute Gasteiger partial charge is 0.487 e. The molecule has 0 radical (unpaired) electrons. The smallest absolute Gasteiger partial charge is 0.354 e. The molecule has 1 amide bonds.